The van der Waals surface area contributed by atoms with Crippen LogP contribution in [0.2, 0.25) is 0 Å². The zero-order chi connectivity index (χ0) is 15.3. The second-order valence-electron chi connectivity index (χ2n) is 5.22. The predicted molar refractivity (Wildman–Crippen MR) is 83.7 cm³/mol. The Morgan fingerprint density at radius 1 is 1.10 bits per heavy atom. The van der Waals surface area contributed by atoms with E-state index < -0.39 is 5.60 Å². The summed E-state index contributed by atoms with van der Waals surface area (Å²) in [6.07, 6.45) is 0.429. The smallest absolute Gasteiger partial charge is 0.146 e. The highest BCUT2D eigenvalue weighted by Crippen LogP contribution is 2.25. The lowest BCUT2D eigenvalue weighted by atomic mass is 9.90. The van der Waals surface area contributed by atoms with Crippen LogP contribution < -0.4 is 10.6 Å². The molecule has 2 rings (SSSR count). The largest absolute Gasteiger partial charge is 0.384 e. The Balaban J connectivity index is 2.09. The Morgan fingerprint density at radius 3 is 2.33 bits per heavy atom. The highest BCUT2D eigenvalue weighted by Gasteiger charge is 2.27. The third kappa shape index (κ3) is 3.60. The Morgan fingerprint density at radius 2 is 1.71 bits per heavy atom. The van der Waals surface area contributed by atoms with Crippen molar-refractivity contribution in [1.82, 2.24) is 0 Å². The molecule has 1 unspecified atom stereocenters. The van der Waals surface area contributed by atoms with Gasteiger partial charge in [0.15, 0.2) is 0 Å². The Kier molecular flexibility index (Phi) is 4.94. The summed E-state index contributed by atoms with van der Waals surface area (Å²) >= 11 is 0. The minimum Gasteiger partial charge on any atom is -0.384 e. The van der Waals surface area contributed by atoms with Crippen molar-refractivity contribution in [1.29, 1.82) is 0 Å². The van der Waals surface area contributed by atoms with Crippen LogP contribution in [0, 0.1) is 5.82 Å². The van der Waals surface area contributed by atoms with Gasteiger partial charge in [-0.15, -0.1) is 0 Å². The number of benzene rings is 2. The number of hydrogen-bond acceptors (Lipinski definition) is 3. The minimum absolute atomic E-state index is 0.127. The van der Waals surface area contributed by atoms with E-state index in [9.17, 15) is 9.50 Å². The molecule has 0 amide bonds. The van der Waals surface area contributed by atoms with Gasteiger partial charge < -0.3 is 15.7 Å². The molecule has 2 aromatic carbocycles. The van der Waals surface area contributed by atoms with Crippen LogP contribution in [-0.4, -0.2) is 25.2 Å². The highest BCUT2D eigenvalue weighted by molar-refractivity contribution is 5.46. The number of aliphatic hydroxyl groups is 1. The van der Waals surface area contributed by atoms with Crippen LogP contribution in [0.1, 0.15) is 12.0 Å². The van der Waals surface area contributed by atoms with Crippen LogP contribution in [0.25, 0.3) is 0 Å². The average molecular weight is 288 g/mol. The second kappa shape index (κ2) is 6.70. The van der Waals surface area contributed by atoms with E-state index in [0.717, 1.165) is 5.56 Å². The van der Waals surface area contributed by atoms with E-state index in [0.29, 0.717) is 18.7 Å². The molecule has 0 spiro atoms. The average Bonchev–Trinajstić information content (AvgIpc) is 2.53. The van der Waals surface area contributed by atoms with E-state index in [2.05, 4.69) is 0 Å². The first-order chi connectivity index (χ1) is 10.1. The monoisotopic (exact) mass is 288 g/mol. The zero-order valence-electron chi connectivity index (χ0n) is 12.2. The summed E-state index contributed by atoms with van der Waals surface area (Å²) in [6.45, 7) is 0.631. The third-order valence-electron chi connectivity index (χ3n) is 3.77. The Labute approximate surface area is 124 Å². The van der Waals surface area contributed by atoms with Crippen LogP contribution in [0.3, 0.4) is 0 Å². The van der Waals surface area contributed by atoms with E-state index in [-0.39, 0.29) is 12.4 Å². The molecule has 2 aromatic rings. The number of nitrogens with zero attached hydrogens (tertiary/aromatic N) is 1. The number of anilines is 1. The molecule has 0 aliphatic heterocycles. The summed E-state index contributed by atoms with van der Waals surface area (Å²) in [6, 6.07) is 16.0. The SMILES string of the molecule is CN(CCC(O)(CN)c1ccccc1)c1ccccc1F. The summed E-state index contributed by atoms with van der Waals surface area (Å²) in [5, 5.41) is 10.7. The maximum Gasteiger partial charge on any atom is 0.146 e. The number of para-hydroxylation sites is 1. The molecular weight excluding hydrogens is 267 g/mol. The van der Waals surface area contributed by atoms with Gasteiger partial charge in [-0.25, -0.2) is 4.39 Å². The van der Waals surface area contributed by atoms with Crippen LogP contribution in [0.5, 0.6) is 0 Å². The first-order valence-electron chi connectivity index (χ1n) is 7.00. The van der Waals surface area contributed by atoms with Gasteiger partial charge in [0, 0.05) is 20.1 Å². The molecule has 0 bridgehead atoms. The van der Waals surface area contributed by atoms with Gasteiger partial charge in [-0.3, -0.25) is 0 Å². The van der Waals surface area contributed by atoms with Crippen molar-refractivity contribution in [3.05, 3.63) is 66.0 Å². The molecule has 4 heteroatoms. The number of nitrogens with two attached hydrogens (primary N) is 1. The van der Waals surface area contributed by atoms with Crippen molar-refractivity contribution in [3.8, 4) is 0 Å². The van der Waals surface area contributed by atoms with Crippen LogP contribution in [0.15, 0.2) is 54.6 Å². The molecule has 0 saturated heterocycles. The molecule has 0 fully saturated rings. The molecule has 0 heterocycles. The molecular formula is C17H21FN2O. The van der Waals surface area contributed by atoms with Gasteiger partial charge in [0.2, 0.25) is 0 Å². The summed E-state index contributed by atoms with van der Waals surface area (Å²) in [5.74, 6) is -0.268. The first kappa shape index (κ1) is 15.5. The lowest BCUT2D eigenvalue weighted by Gasteiger charge is -2.30. The Hall–Kier alpha value is -1.91. The second-order valence-corrected chi connectivity index (χ2v) is 5.22. The minimum atomic E-state index is -1.10. The standard InChI is InChI=1S/C17H21FN2O/c1-20(16-10-6-5-9-15(16)18)12-11-17(21,13-19)14-7-3-2-4-8-14/h2-10,21H,11-13,19H2,1H3. The molecule has 0 aliphatic carbocycles. The predicted octanol–water partition coefficient (Wildman–Crippen LogP) is 2.50. The van der Waals surface area contributed by atoms with Crippen LogP contribution >= 0.6 is 0 Å². The van der Waals surface area contributed by atoms with Gasteiger partial charge in [-0.05, 0) is 24.1 Å². The highest BCUT2D eigenvalue weighted by atomic mass is 19.1. The van der Waals surface area contributed by atoms with Crippen LogP contribution in [-0.2, 0) is 5.60 Å². The van der Waals surface area contributed by atoms with Gasteiger partial charge in [-0.2, -0.15) is 0 Å². The van der Waals surface area contributed by atoms with Crippen molar-refractivity contribution in [2.24, 2.45) is 5.73 Å². The summed E-state index contributed by atoms with van der Waals surface area (Å²) in [5.41, 5.74) is 5.96. The van der Waals surface area contributed by atoms with E-state index in [1.807, 2.05) is 30.3 Å². The molecule has 3 N–H and O–H groups in total. The summed E-state index contributed by atoms with van der Waals surface area (Å²) < 4.78 is 13.7. The van der Waals surface area contributed by atoms with Crippen molar-refractivity contribution >= 4 is 5.69 Å². The van der Waals surface area contributed by atoms with Gasteiger partial charge in [0.05, 0.1) is 5.69 Å². The molecule has 1 atom stereocenters. The van der Waals surface area contributed by atoms with Crippen molar-refractivity contribution < 1.29 is 9.50 Å². The topological polar surface area (TPSA) is 49.5 Å². The molecule has 112 valence electrons. The van der Waals surface area contributed by atoms with Crippen molar-refractivity contribution in [3.63, 3.8) is 0 Å². The van der Waals surface area contributed by atoms with Crippen molar-refractivity contribution in [2.45, 2.75) is 12.0 Å². The van der Waals surface area contributed by atoms with Crippen molar-refractivity contribution in [2.75, 3.05) is 25.0 Å². The van der Waals surface area contributed by atoms with Gasteiger partial charge >= 0.3 is 0 Å². The van der Waals surface area contributed by atoms with E-state index >= 15 is 0 Å². The van der Waals surface area contributed by atoms with Gasteiger partial charge in [0.25, 0.3) is 0 Å². The number of hydrogen-bond donors (Lipinski definition) is 2. The fraction of sp³-hybridized carbons (Fsp3) is 0.294. The molecule has 21 heavy (non-hydrogen) atoms. The third-order valence-corrected chi connectivity index (χ3v) is 3.77. The summed E-state index contributed by atoms with van der Waals surface area (Å²) in [4.78, 5) is 1.79. The fourth-order valence-electron chi connectivity index (χ4n) is 2.35. The van der Waals surface area contributed by atoms with Crippen LogP contribution in [0.4, 0.5) is 10.1 Å². The fourth-order valence-corrected chi connectivity index (χ4v) is 2.35. The van der Waals surface area contributed by atoms with Gasteiger partial charge in [-0.1, -0.05) is 42.5 Å². The zero-order valence-corrected chi connectivity index (χ0v) is 12.2. The maximum absolute atomic E-state index is 13.7. The normalized spacial score (nSPS) is 13.7. The Bertz CT molecular complexity index is 576. The first-order valence-corrected chi connectivity index (χ1v) is 7.00. The lowest BCUT2D eigenvalue weighted by molar-refractivity contribution is 0.0389. The number of rotatable bonds is 6. The number of halogens is 1. The quantitative estimate of drug-likeness (QED) is 0.858. The maximum atomic E-state index is 13.7. The lowest BCUT2D eigenvalue weighted by Crippen LogP contribution is -2.38. The molecule has 0 radical (unpaired) electrons. The van der Waals surface area contributed by atoms with Gasteiger partial charge in [0.1, 0.15) is 11.4 Å². The summed E-state index contributed by atoms with van der Waals surface area (Å²) in [7, 11) is 1.81. The van der Waals surface area contributed by atoms with E-state index in [4.69, 9.17) is 5.73 Å². The molecule has 0 aliphatic rings. The molecule has 3 nitrogen and oxygen atoms in total. The van der Waals surface area contributed by atoms with E-state index in [1.54, 1.807) is 30.1 Å². The molecule has 0 saturated carbocycles. The molecule has 0 aromatic heterocycles. The van der Waals surface area contributed by atoms with E-state index in [1.165, 1.54) is 6.07 Å².